The van der Waals surface area contributed by atoms with Gasteiger partial charge in [0.15, 0.2) is 0 Å². The lowest BCUT2D eigenvalue weighted by Crippen LogP contribution is -2.37. The van der Waals surface area contributed by atoms with E-state index in [1.54, 1.807) is 29.7 Å². The van der Waals surface area contributed by atoms with Crippen molar-refractivity contribution in [2.45, 2.75) is 58.3 Å². The van der Waals surface area contributed by atoms with Gasteiger partial charge in [-0.2, -0.15) is 0 Å². The van der Waals surface area contributed by atoms with E-state index in [0.29, 0.717) is 35.0 Å². The van der Waals surface area contributed by atoms with Crippen molar-refractivity contribution in [1.82, 2.24) is 14.9 Å². The predicted octanol–water partition coefficient (Wildman–Crippen LogP) is 4.19. The number of carbonyl (C=O) groups is 2. The number of nitrogens with zero attached hydrogens (tertiary/aromatic N) is 2. The zero-order chi connectivity index (χ0) is 26.4. The van der Waals surface area contributed by atoms with Crippen LogP contribution in [0.1, 0.15) is 61.5 Å². The Morgan fingerprint density at radius 3 is 2.42 bits per heavy atom. The second-order valence-electron chi connectivity index (χ2n) is 9.16. The lowest BCUT2D eigenvalue weighted by Gasteiger charge is -2.19. The lowest BCUT2D eigenvalue weighted by atomic mass is 9.99. The van der Waals surface area contributed by atoms with Gasteiger partial charge in [-0.3, -0.25) is 9.59 Å². The maximum absolute atomic E-state index is 12.9. The summed E-state index contributed by atoms with van der Waals surface area (Å²) < 4.78 is 7.44. The Balaban J connectivity index is 1.73. The van der Waals surface area contributed by atoms with Gasteiger partial charge in [-0.15, -0.1) is 0 Å². The highest BCUT2D eigenvalue weighted by Crippen LogP contribution is 2.27. The molecule has 0 bridgehead atoms. The molecule has 0 saturated carbocycles. The Labute approximate surface area is 216 Å². The maximum Gasteiger partial charge on any atom is 0.251 e. The number of nitrogens with one attached hydrogen (secondary N) is 1. The number of hydrogen-bond donors (Lipinski definition) is 3. The van der Waals surface area contributed by atoms with E-state index in [1.807, 2.05) is 51.4 Å². The van der Waals surface area contributed by atoms with Crippen molar-refractivity contribution in [2.75, 3.05) is 0 Å². The van der Waals surface area contributed by atoms with Gasteiger partial charge in [0.2, 0.25) is 5.91 Å². The van der Waals surface area contributed by atoms with Crippen molar-refractivity contribution in [2.24, 2.45) is 12.8 Å². The molecule has 0 spiro atoms. The minimum Gasteiger partial charge on any atom is -0.489 e. The summed E-state index contributed by atoms with van der Waals surface area (Å²) in [7, 11) is 1.84. The molecule has 0 fully saturated rings. The molecule has 1 aromatic heterocycles. The van der Waals surface area contributed by atoms with E-state index in [-0.39, 0.29) is 24.5 Å². The van der Waals surface area contributed by atoms with Crippen LogP contribution in [0.5, 0.6) is 5.75 Å². The molecular weight excluding hydrogens is 480 g/mol. The molecule has 0 radical (unpaired) electrons. The van der Waals surface area contributed by atoms with Crippen molar-refractivity contribution in [3.63, 3.8) is 0 Å². The molecule has 0 aliphatic carbocycles. The molecule has 0 aliphatic rings. The van der Waals surface area contributed by atoms with E-state index >= 15 is 0 Å². The number of primary amides is 1. The minimum atomic E-state index is -0.661. The van der Waals surface area contributed by atoms with Crippen LogP contribution >= 0.6 is 11.6 Å². The van der Waals surface area contributed by atoms with Crippen molar-refractivity contribution < 1.29 is 19.4 Å². The normalized spacial score (nSPS) is 12.9. The van der Waals surface area contributed by atoms with E-state index in [1.165, 1.54) is 0 Å². The fraction of sp³-hybridized carbons (Fsp3) is 0.370. The van der Waals surface area contributed by atoms with Gasteiger partial charge in [0, 0.05) is 36.8 Å². The molecule has 2 amide bonds. The first kappa shape index (κ1) is 27.2. The number of rotatable bonds is 11. The van der Waals surface area contributed by atoms with Crippen LogP contribution in [0.3, 0.4) is 0 Å². The number of benzene rings is 2. The number of halogens is 1. The maximum atomic E-state index is 12.9. The van der Waals surface area contributed by atoms with Crippen LogP contribution in [0.2, 0.25) is 5.02 Å². The third-order valence-corrected chi connectivity index (χ3v) is 5.94. The molecule has 2 aromatic carbocycles. The van der Waals surface area contributed by atoms with Crippen LogP contribution < -0.4 is 15.8 Å². The van der Waals surface area contributed by atoms with Crippen LogP contribution in [-0.4, -0.2) is 38.6 Å². The van der Waals surface area contributed by atoms with Crippen LogP contribution in [0.15, 0.2) is 48.7 Å². The second kappa shape index (κ2) is 12.1. The molecule has 3 aromatic rings. The first-order valence-electron chi connectivity index (χ1n) is 11.9. The summed E-state index contributed by atoms with van der Waals surface area (Å²) >= 11 is 6.29. The molecule has 0 saturated heterocycles. The van der Waals surface area contributed by atoms with Crippen molar-refractivity contribution in [1.29, 1.82) is 0 Å². The van der Waals surface area contributed by atoms with Gasteiger partial charge in [0.05, 0.1) is 16.8 Å². The summed E-state index contributed by atoms with van der Waals surface area (Å²) in [4.78, 5) is 28.9. The Bertz CT molecular complexity index is 1200. The number of imidazole rings is 1. The fourth-order valence-electron chi connectivity index (χ4n) is 3.91. The van der Waals surface area contributed by atoms with E-state index in [4.69, 9.17) is 22.1 Å². The quantitative estimate of drug-likeness (QED) is 0.356. The third-order valence-electron chi connectivity index (χ3n) is 5.65. The summed E-state index contributed by atoms with van der Waals surface area (Å²) in [6.07, 6.45) is 2.25. The predicted molar refractivity (Wildman–Crippen MR) is 140 cm³/mol. The molecule has 2 atom stereocenters. The Morgan fingerprint density at radius 1 is 1.17 bits per heavy atom. The summed E-state index contributed by atoms with van der Waals surface area (Å²) in [6.45, 7) is 5.48. The molecule has 8 nitrogen and oxygen atoms in total. The SMILES string of the molecule is CC(C)Oc1ccc(C(=O)N[C@H](CCC(N)=O)Cc2ccc(-c3cn(C)c(C(C)O)n3)cc2)cc1Cl. The van der Waals surface area contributed by atoms with Crippen LogP contribution in [0.25, 0.3) is 11.3 Å². The monoisotopic (exact) mass is 512 g/mol. The van der Waals surface area contributed by atoms with E-state index in [0.717, 1.165) is 16.8 Å². The first-order valence-corrected chi connectivity index (χ1v) is 12.3. The van der Waals surface area contributed by atoms with Gasteiger partial charge in [-0.05, 0) is 57.4 Å². The first-order chi connectivity index (χ1) is 17.0. The number of carbonyl (C=O) groups excluding carboxylic acids is 2. The molecule has 3 rings (SSSR count). The van der Waals surface area contributed by atoms with Gasteiger partial charge >= 0.3 is 0 Å². The standard InChI is InChI=1S/C27H33ClN4O4/c1-16(2)36-24-11-9-20(14-22(24)28)27(35)30-21(10-12-25(29)34)13-18-5-7-19(8-6-18)23-15-32(4)26(31-23)17(3)33/h5-9,11,14-17,21,33H,10,12-13H2,1-4H3,(H2,29,34)(H,30,35)/t17?,21-/m1/s1. The van der Waals surface area contributed by atoms with Gasteiger partial charge in [-0.1, -0.05) is 35.9 Å². The Morgan fingerprint density at radius 2 is 1.86 bits per heavy atom. The van der Waals surface area contributed by atoms with Gasteiger partial charge in [-0.25, -0.2) is 4.98 Å². The number of aromatic nitrogens is 2. The topological polar surface area (TPSA) is 119 Å². The van der Waals surface area contributed by atoms with E-state index in [2.05, 4.69) is 10.3 Å². The number of amides is 2. The fourth-order valence-corrected chi connectivity index (χ4v) is 4.13. The average molecular weight is 513 g/mol. The van der Waals surface area contributed by atoms with Crippen LogP contribution in [-0.2, 0) is 18.3 Å². The summed E-state index contributed by atoms with van der Waals surface area (Å²) in [5.74, 6) is 0.388. The molecule has 0 aliphatic heterocycles. The van der Waals surface area contributed by atoms with Gasteiger partial charge in [0.1, 0.15) is 17.7 Å². The van der Waals surface area contributed by atoms with Crippen LogP contribution in [0, 0.1) is 0 Å². The number of hydrogen-bond acceptors (Lipinski definition) is 5. The second-order valence-corrected chi connectivity index (χ2v) is 9.57. The van der Waals surface area contributed by atoms with Gasteiger partial charge < -0.3 is 25.5 Å². The molecule has 192 valence electrons. The molecular formula is C27H33ClN4O4. The summed E-state index contributed by atoms with van der Waals surface area (Å²) in [5.41, 5.74) is 8.43. The molecule has 4 N–H and O–H groups in total. The van der Waals surface area contributed by atoms with Gasteiger partial charge in [0.25, 0.3) is 5.91 Å². The van der Waals surface area contributed by atoms with Crippen molar-refractivity contribution >= 4 is 23.4 Å². The van der Waals surface area contributed by atoms with E-state index in [9.17, 15) is 14.7 Å². The largest absolute Gasteiger partial charge is 0.489 e. The lowest BCUT2D eigenvalue weighted by molar-refractivity contribution is -0.118. The number of nitrogens with two attached hydrogens (primary N) is 1. The smallest absolute Gasteiger partial charge is 0.251 e. The molecule has 1 heterocycles. The molecule has 36 heavy (non-hydrogen) atoms. The minimum absolute atomic E-state index is 0.0373. The number of aliphatic hydroxyl groups is 1. The highest BCUT2D eigenvalue weighted by atomic mass is 35.5. The average Bonchev–Trinajstić information content (AvgIpc) is 3.20. The highest BCUT2D eigenvalue weighted by Gasteiger charge is 2.18. The third kappa shape index (κ3) is 7.32. The van der Waals surface area contributed by atoms with Crippen molar-refractivity contribution in [3.8, 4) is 17.0 Å². The zero-order valence-electron chi connectivity index (χ0n) is 21.0. The number of ether oxygens (including phenoxy) is 1. The number of aliphatic hydroxyl groups excluding tert-OH is 1. The van der Waals surface area contributed by atoms with Crippen LogP contribution in [0.4, 0.5) is 0 Å². The Hall–Kier alpha value is -3.36. The highest BCUT2D eigenvalue weighted by molar-refractivity contribution is 6.32. The summed E-state index contributed by atoms with van der Waals surface area (Å²) in [6, 6.07) is 12.4. The molecule has 1 unspecified atom stereocenters. The van der Waals surface area contributed by atoms with E-state index < -0.39 is 12.0 Å². The number of aryl methyl sites for hydroxylation is 1. The summed E-state index contributed by atoms with van der Waals surface area (Å²) in [5, 5.41) is 13.2. The molecule has 9 heteroatoms. The zero-order valence-corrected chi connectivity index (χ0v) is 21.7. The Kier molecular flexibility index (Phi) is 9.12. The van der Waals surface area contributed by atoms with Crippen molar-refractivity contribution in [3.05, 3.63) is 70.6 Å².